The predicted octanol–water partition coefficient (Wildman–Crippen LogP) is 11.5. The Hall–Kier alpha value is -8.62. The van der Waals surface area contributed by atoms with Gasteiger partial charge < -0.3 is 20.6 Å². The summed E-state index contributed by atoms with van der Waals surface area (Å²) in [6, 6.07) is 55.5. The van der Waals surface area contributed by atoms with Crippen molar-refractivity contribution < 1.29 is 19.5 Å². The number of carbonyl (C=O) groups is 3. The molecule has 0 atom stereocenters. The van der Waals surface area contributed by atoms with Gasteiger partial charge in [-0.25, -0.2) is 0 Å². The molecule has 0 unspecified atom stereocenters. The molecule has 2 amide bonds. The lowest BCUT2D eigenvalue weighted by molar-refractivity contribution is -0.297. The topological polar surface area (TPSA) is 105 Å². The molecular formula is C58H46N4O4. The van der Waals surface area contributed by atoms with Crippen LogP contribution in [0.25, 0.3) is 5.57 Å². The number of benzene rings is 7. The number of rotatable bonds is 10. The minimum Gasteiger partial charge on any atom is -0.871 e. The zero-order valence-corrected chi connectivity index (χ0v) is 37.0. The van der Waals surface area contributed by atoms with Gasteiger partial charge >= 0.3 is 0 Å². The van der Waals surface area contributed by atoms with Gasteiger partial charge in [0.05, 0.1) is 11.4 Å². The van der Waals surface area contributed by atoms with E-state index in [0.717, 1.165) is 45.0 Å². The fourth-order valence-corrected chi connectivity index (χ4v) is 8.11. The van der Waals surface area contributed by atoms with Gasteiger partial charge in [-0.15, -0.1) is 0 Å². The molecule has 7 aromatic carbocycles. The first-order valence-electron chi connectivity index (χ1n) is 21.7. The first kappa shape index (κ1) is 42.7. The summed E-state index contributed by atoms with van der Waals surface area (Å²) in [6.07, 6.45) is 5.37. The van der Waals surface area contributed by atoms with Crippen molar-refractivity contribution in [2.45, 2.75) is 27.7 Å². The Morgan fingerprint density at radius 3 is 1.45 bits per heavy atom. The average Bonchev–Trinajstić information content (AvgIpc) is 3.33. The molecule has 0 saturated carbocycles. The second-order valence-corrected chi connectivity index (χ2v) is 16.5. The number of hydrogen-bond donors (Lipinski definition) is 2. The number of carbonyl (C=O) groups excluding carboxylic acids is 3. The van der Waals surface area contributed by atoms with Gasteiger partial charge in [0, 0.05) is 86.9 Å². The lowest BCUT2D eigenvalue weighted by Crippen LogP contribution is -2.34. The third kappa shape index (κ3) is 8.68. The van der Waals surface area contributed by atoms with Crippen LogP contribution in [0.3, 0.4) is 0 Å². The van der Waals surface area contributed by atoms with E-state index in [1.54, 1.807) is 72.8 Å². The van der Waals surface area contributed by atoms with Crippen LogP contribution in [0, 0.1) is 27.7 Å². The van der Waals surface area contributed by atoms with Gasteiger partial charge in [0.25, 0.3) is 11.8 Å². The summed E-state index contributed by atoms with van der Waals surface area (Å²) >= 11 is 0. The van der Waals surface area contributed by atoms with Crippen molar-refractivity contribution in [1.82, 2.24) is 9.89 Å². The second kappa shape index (κ2) is 18.2. The first-order chi connectivity index (χ1) is 32.0. The second-order valence-electron chi connectivity index (χ2n) is 16.5. The molecule has 8 heteroatoms. The molecule has 0 radical (unpaired) electrons. The SMILES string of the molecule is Cc1ccc(N(c2ccc(C)cc2)c2ccc(C3=C([O-])/C(=C4/C=CC(=[N+](c5ccc(C)cc5)c5ccc(C)cc5)C=C4NC(=O)c4ccccc4)C3=O)c(NC(=O)c3ccccc3)c2)cc1. The molecule has 2 N–H and O–H groups in total. The van der Waals surface area contributed by atoms with E-state index in [0.29, 0.717) is 33.9 Å². The zero-order valence-electron chi connectivity index (χ0n) is 37.0. The first-order valence-corrected chi connectivity index (χ1v) is 21.7. The summed E-state index contributed by atoms with van der Waals surface area (Å²) in [4.78, 5) is 44.5. The van der Waals surface area contributed by atoms with Crippen molar-refractivity contribution in [3.05, 3.63) is 256 Å². The van der Waals surface area contributed by atoms with Crippen molar-refractivity contribution in [3.63, 3.8) is 0 Å². The fourth-order valence-electron chi connectivity index (χ4n) is 8.11. The maximum Gasteiger partial charge on any atom is 0.255 e. The number of allylic oxidation sites excluding steroid dienone is 5. The molecule has 8 nitrogen and oxygen atoms in total. The summed E-state index contributed by atoms with van der Waals surface area (Å²) in [6.45, 7) is 8.12. The number of Topliss-reactive ketones (excluding diaryl/α,β-unsaturated/α-hetero) is 1. The molecule has 0 bridgehead atoms. The van der Waals surface area contributed by atoms with Crippen molar-refractivity contribution >= 4 is 63.0 Å². The molecular weight excluding hydrogens is 817 g/mol. The molecule has 0 aromatic heterocycles. The third-order valence-corrected chi connectivity index (χ3v) is 11.7. The molecule has 2 aliphatic rings. The number of amides is 2. The molecule has 66 heavy (non-hydrogen) atoms. The molecule has 0 heterocycles. The van der Waals surface area contributed by atoms with E-state index in [2.05, 4.69) is 20.1 Å². The zero-order chi connectivity index (χ0) is 45.9. The molecule has 2 aliphatic carbocycles. The Bertz CT molecular complexity index is 3090. The van der Waals surface area contributed by atoms with Crippen molar-refractivity contribution in [1.29, 1.82) is 0 Å². The average molecular weight is 863 g/mol. The molecule has 0 spiro atoms. The summed E-state index contributed by atoms with van der Waals surface area (Å²) in [5, 5.41) is 20.8. The highest BCUT2D eigenvalue weighted by atomic mass is 16.3. The van der Waals surface area contributed by atoms with E-state index in [-0.39, 0.29) is 22.3 Å². The normalized spacial score (nSPS) is 14.3. The van der Waals surface area contributed by atoms with Crippen LogP contribution in [0.4, 0.5) is 34.1 Å². The smallest absolute Gasteiger partial charge is 0.255 e. The summed E-state index contributed by atoms with van der Waals surface area (Å²) in [5.41, 5.74) is 11.2. The lowest BCUT2D eigenvalue weighted by atomic mass is 9.78. The Morgan fingerprint density at radius 2 is 0.970 bits per heavy atom. The van der Waals surface area contributed by atoms with E-state index in [9.17, 15) is 19.5 Å². The minimum absolute atomic E-state index is 0.0671. The van der Waals surface area contributed by atoms with Crippen LogP contribution in [-0.4, -0.2) is 23.3 Å². The Balaban J connectivity index is 1.19. The number of aryl methyl sites for hydroxylation is 4. The van der Waals surface area contributed by atoms with Gasteiger partial charge in [-0.3, -0.25) is 14.4 Å². The van der Waals surface area contributed by atoms with Crippen LogP contribution < -0.4 is 25.2 Å². The van der Waals surface area contributed by atoms with Crippen molar-refractivity contribution in [3.8, 4) is 0 Å². The molecule has 9 rings (SSSR count). The van der Waals surface area contributed by atoms with Crippen LogP contribution in [0.15, 0.2) is 217 Å². The lowest BCUT2D eigenvalue weighted by Gasteiger charge is -2.34. The van der Waals surface area contributed by atoms with Gasteiger partial charge in [-0.2, -0.15) is 4.58 Å². The molecule has 7 aromatic rings. The summed E-state index contributed by atoms with van der Waals surface area (Å²) in [5.74, 6) is -1.81. The predicted molar refractivity (Wildman–Crippen MR) is 264 cm³/mol. The third-order valence-electron chi connectivity index (χ3n) is 11.7. The molecule has 322 valence electrons. The van der Waals surface area contributed by atoms with Crippen LogP contribution in [0.1, 0.15) is 48.5 Å². The highest BCUT2D eigenvalue weighted by Gasteiger charge is 2.35. The van der Waals surface area contributed by atoms with E-state index in [1.807, 2.05) is 149 Å². The Morgan fingerprint density at radius 1 is 0.515 bits per heavy atom. The quantitative estimate of drug-likeness (QED) is 0.105. The van der Waals surface area contributed by atoms with Gasteiger partial charge in [0.15, 0.2) is 5.78 Å². The monoisotopic (exact) mass is 862 g/mol. The van der Waals surface area contributed by atoms with E-state index in [4.69, 9.17) is 0 Å². The maximum atomic E-state index is 14.7. The van der Waals surface area contributed by atoms with Gasteiger partial charge in [-0.05, 0) is 94.4 Å². The van der Waals surface area contributed by atoms with Gasteiger partial charge in [0.1, 0.15) is 0 Å². The van der Waals surface area contributed by atoms with E-state index < -0.39 is 23.4 Å². The summed E-state index contributed by atoms with van der Waals surface area (Å²) < 4.78 is 2.06. The molecule has 0 saturated heterocycles. The maximum absolute atomic E-state index is 14.7. The fraction of sp³-hybridized carbons (Fsp3) is 0.0690. The van der Waals surface area contributed by atoms with Gasteiger partial charge in [0.2, 0.25) is 17.1 Å². The van der Waals surface area contributed by atoms with Crippen molar-refractivity contribution in [2.24, 2.45) is 0 Å². The Labute approximate surface area is 384 Å². The number of ketones is 1. The van der Waals surface area contributed by atoms with Crippen molar-refractivity contribution in [2.75, 3.05) is 10.2 Å². The van der Waals surface area contributed by atoms with E-state index in [1.165, 1.54) is 0 Å². The molecule has 0 fully saturated rings. The van der Waals surface area contributed by atoms with Crippen LogP contribution in [-0.2, 0) is 4.79 Å². The number of anilines is 4. The van der Waals surface area contributed by atoms with Crippen LogP contribution in [0.2, 0.25) is 0 Å². The standard InChI is InChI=1S/C58H46N4O4/c1-37-15-23-43(24-16-37)61(44-25-17-38(2)18-26-44)47-31-33-49(51(35-47)59-57(65)41-11-7-5-8-12-41)53-55(63)54(56(53)64)50-34-32-48(36-52(50)60-58(66)42-13-9-6-10-14-42)62(45-27-19-39(3)20-28-45)46-29-21-40(4)22-30-46/h5-36H,1-4H3,(H2,59,60,63,64,65,66). The number of nitrogens with zero attached hydrogens (tertiary/aromatic N) is 2. The highest BCUT2D eigenvalue weighted by Crippen LogP contribution is 2.44. The largest absolute Gasteiger partial charge is 0.871 e. The van der Waals surface area contributed by atoms with Crippen LogP contribution >= 0.6 is 0 Å². The Kier molecular flexibility index (Phi) is 11.8. The highest BCUT2D eigenvalue weighted by molar-refractivity contribution is 6.40. The summed E-state index contributed by atoms with van der Waals surface area (Å²) in [7, 11) is 0. The number of nitrogens with one attached hydrogen (secondary N) is 2. The van der Waals surface area contributed by atoms with E-state index >= 15 is 0 Å². The minimum atomic E-state index is -0.506. The molecule has 0 aliphatic heterocycles. The van der Waals surface area contributed by atoms with Crippen LogP contribution in [0.5, 0.6) is 0 Å². The number of hydrogen-bond acceptors (Lipinski definition) is 5. The van der Waals surface area contributed by atoms with Gasteiger partial charge in [-0.1, -0.05) is 119 Å².